The van der Waals surface area contributed by atoms with Gasteiger partial charge in [0.2, 0.25) is 5.91 Å². The highest BCUT2D eigenvalue weighted by Gasteiger charge is 2.38. The van der Waals surface area contributed by atoms with E-state index >= 15 is 0 Å². The third kappa shape index (κ3) is 5.42. The van der Waals surface area contributed by atoms with Crippen LogP contribution in [-0.2, 0) is 16.1 Å². The molecular weight excluding hydrogens is 457 g/mol. The van der Waals surface area contributed by atoms with Crippen molar-refractivity contribution < 1.29 is 14.0 Å². The van der Waals surface area contributed by atoms with Gasteiger partial charge in [0, 0.05) is 19.5 Å². The average molecular weight is 488 g/mol. The summed E-state index contributed by atoms with van der Waals surface area (Å²) in [4.78, 5) is 54.4. The van der Waals surface area contributed by atoms with Gasteiger partial charge in [-0.25, -0.2) is 9.18 Å². The molecule has 1 aromatic carbocycles. The lowest BCUT2D eigenvalue weighted by atomic mass is 10.1. The van der Waals surface area contributed by atoms with Crippen molar-refractivity contribution in [2.45, 2.75) is 52.6 Å². The van der Waals surface area contributed by atoms with E-state index < -0.39 is 34.9 Å². The zero-order valence-corrected chi connectivity index (χ0v) is 20.0. The first kappa shape index (κ1) is 25.7. The van der Waals surface area contributed by atoms with Crippen molar-refractivity contribution in [3.63, 3.8) is 0 Å². The Labute approximate surface area is 201 Å². The number of rotatable bonds is 9. The van der Waals surface area contributed by atoms with E-state index in [1.54, 1.807) is 0 Å². The highest BCUT2D eigenvalue weighted by Crippen LogP contribution is 2.27. The molecule has 3 rings (SSSR count). The lowest BCUT2D eigenvalue weighted by Gasteiger charge is -2.24. The van der Waals surface area contributed by atoms with Gasteiger partial charge in [0.1, 0.15) is 23.4 Å². The van der Waals surface area contributed by atoms with Gasteiger partial charge in [-0.1, -0.05) is 27.2 Å². The fraction of sp³-hybridized carbons (Fsp3) is 0.435. The van der Waals surface area contributed by atoms with Crippen LogP contribution in [0.1, 0.15) is 40.0 Å². The number of aromatic amines is 1. The van der Waals surface area contributed by atoms with E-state index in [1.165, 1.54) is 38.7 Å². The largest absolute Gasteiger partial charge is 0.383 e. The molecule has 1 aliphatic heterocycles. The molecule has 35 heavy (non-hydrogen) atoms. The number of nitrogens with two attached hydrogens (primary N) is 2. The number of carbonyl (C=O) groups excluding carboxylic acids is 2. The molecule has 2 amide bonds. The Morgan fingerprint density at radius 3 is 2.49 bits per heavy atom. The summed E-state index contributed by atoms with van der Waals surface area (Å²) < 4.78 is 14.6. The van der Waals surface area contributed by atoms with Crippen molar-refractivity contribution in [3.8, 4) is 0 Å². The fourth-order valence-electron chi connectivity index (χ4n) is 3.86. The topological polar surface area (TPSA) is 160 Å². The van der Waals surface area contributed by atoms with Gasteiger partial charge in [0.15, 0.2) is 5.69 Å². The second kappa shape index (κ2) is 10.5. The van der Waals surface area contributed by atoms with Gasteiger partial charge < -0.3 is 11.5 Å². The third-order valence-electron chi connectivity index (χ3n) is 5.59. The lowest BCUT2D eigenvalue weighted by molar-refractivity contribution is -0.119. The Morgan fingerprint density at radius 2 is 1.91 bits per heavy atom. The van der Waals surface area contributed by atoms with Gasteiger partial charge in [0.05, 0.1) is 5.69 Å². The number of halogens is 1. The number of amides is 2. The van der Waals surface area contributed by atoms with Crippen LogP contribution >= 0.6 is 0 Å². The van der Waals surface area contributed by atoms with Gasteiger partial charge in [0.25, 0.3) is 11.5 Å². The van der Waals surface area contributed by atoms with Gasteiger partial charge in [-0.15, -0.1) is 0 Å². The number of hydrogen-bond donors (Lipinski definition) is 3. The molecule has 0 aliphatic carbocycles. The van der Waals surface area contributed by atoms with Crippen LogP contribution in [0.25, 0.3) is 0 Å². The predicted molar refractivity (Wildman–Crippen MR) is 132 cm³/mol. The Morgan fingerprint density at radius 1 is 1.26 bits per heavy atom. The Kier molecular flexibility index (Phi) is 7.72. The van der Waals surface area contributed by atoms with Crippen LogP contribution in [0, 0.1) is 11.7 Å². The molecule has 0 saturated heterocycles. The first-order chi connectivity index (χ1) is 16.5. The van der Waals surface area contributed by atoms with Gasteiger partial charge >= 0.3 is 5.69 Å². The first-order valence-corrected chi connectivity index (χ1v) is 11.4. The molecule has 0 fully saturated rings. The molecule has 0 saturated carbocycles. The molecule has 12 heteroatoms. The Hall–Kier alpha value is -3.96. The molecule has 2 aromatic rings. The molecule has 11 nitrogen and oxygen atoms in total. The van der Waals surface area contributed by atoms with E-state index in [9.17, 15) is 23.6 Å². The van der Waals surface area contributed by atoms with Crippen molar-refractivity contribution in [3.05, 3.63) is 50.9 Å². The summed E-state index contributed by atoms with van der Waals surface area (Å²) >= 11 is 0. The van der Waals surface area contributed by atoms with Crippen LogP contribution in [0.4, 0.5) is 21.6 Å². The minimum absolute atomic E-state index is 0.0189. The van der Waals surface area contributed by atoms with Crippen LogP contribution in [0.15, 0.2) is 39.0 Å². The van der Waals surface area contributed by atoms with E-state index in [2.05, 4.69) is 10.1 Å². The number of carbonyl (C=O) groups is 2. The molecule has 1 aromatic heterocycles. The molecule has 0 radical (unpaired) electrons. The molecule has 0 spiro atoms. The van der Waals surface area contributed by atoms with Crippen LogP contribution in [-0.4, -0.2) is 39.7 Å². The molecule has 188 valence electrons. The maximum Gasteiger partial charge on any atom is 0.330 e. The maximum atomic E-state index is 13.6. The first-order valence-electron chi connectivity index (χ1n) is 11.4. The molecule has 5 N–H and O–H groups in total. The van der Waals surface area contributed by atoms with E-state index in [4.69, 9.17) is 11.5 Å². The summed E-state index contributed by atoms with van der Waals surface area (Å²) in [5, 5.41) is 5.57. The number of unbranched alkanes of at least 4 members (excludes halogenated alkanes) is 1. The summed E-state index contributed by atoms with van der Waals surface area (Å²) in [6.07, 6.45) is 1.14. The average Bonchev–Trinajstić information content (AvgIpc) is 3.24. The van der Waals surface area contributed by atoms with E-state index in [0.717, 1.165) is 0 Å². The van der Waals surface area contributed by atoms with Crippen LogP contribution in [0.3, 0.4) is 0 Å². The molecule has 1 unspecified atom stereocenters. The normalized spacial score (nSPS) is 15.4. The Balaban J connectivity index is 2.07. The minimum atomic E-state index is -0.974. The van der Waals surface area contributed by atoms with Crippen molar-refractivity contribution in [1.82, 2.24) is 9.55 Å². The monoisotopic (exact) mass is 487 g/mol. The number of hydrogen-bond acceptors (Lipinski definition) is 7. The fourth-order valence-corrected chi connectivity index (χ4v) is 3.86. The standard InChI is InChI=1S/C23H30FN7O4/c1-4-5-10-29(18-19(25)30(12-13(2)3)23(35)27-21(18)33)22(34)16-11-17(20(26)32)31(28-16)15-8-6-14(24)7-9-15/h6-9,13,17H,4-5,10-12,25H2,1-3H3,(H2,26,32)(H,27,33,35). The smallest absolute Gasteiger partial charge is 0.330 e. The number of anilines is 3. The van der Waals surface area contributed by atoms with Crippen LogP contribution < -0.4 is 32.6 Å². The second-order valence-corrected chi connectivity index (χ2v) is 8.80. The SMILES string of the molecule is CCCCN(C(=O)C1=NN(c2ccc(F)cc2)C(C(N)=O)C1)c1c(N)n(CC(C)C)c(=O)[nH]c1=O. The van der Waals surface area contributed by atoms with Gasteiger partial charge in [-0.05, 0) is 36.6 Å². The summed E-state index contributed by atoms with van der Waals surface area (Å²) in [6, 6.07) is 4.27. The summed E-state index contributed by atoms with van der Waals surface area (Å²) in [5.41, 5.74) is 10.5. The Bertz CT molecular complexity index is 1250. The zero-order chi connectivity index (χ0) is 25.9. The van der Waals surface area contributed by atoms with E-state index in [0.29, 0.717) is 18.5 Å². The van der Waals surface area contributed by atoms with Crippen molar-refractivity contribution >= 4 is 34.7 Å². The summed E-state index contributed by atoms with van der Waals surface area (Å²) in [7, 11) is 0. The van der Waals surface area contributed by atoms with E-state index in [-0.39, 0.29) is 42.6 Å². The number of H-pyrrole nitrogens is 1. The van der Waals surface area contributed by atoms with Crippen molar-refractivity contribution in [2.75, 3.05) is 22.2 Å². The number of nitrogens with one attached hydrogen (secondary N) is 1. The van der Waals surface area contributed by atoms with Gasteiger partial charge in [-0.3, -0.25) is 33.8 Å². The number of nitrogen functional groups attached to an aromatic ring is 1. The van der Waals surface area contributed by atoms with E-state index in [1.807, 2.05) is 20.8 Å². The zero-order valence-electron chi connectivity index (χ0n) is 20.0. The maximum absolute atomic E-state index is 13.6. The number of hydrazone groups is 1. The molecule has 2 heterocycles. The number of aromatic nitrogens is 2. The predicted octanol–water partition coefficient (Wildman–Crippen LogP) is 1.17. The summed E-state index contributed by atoms with van der Waals surface area (Å²) in [6.45, 7) is 6.07. The van der Waals surface area contributed by atoms with Crippen LogP contribution in [0.2, 0.25) is 0 Å². The van der Waals surface area contributed by atoms with Crippen molar-refractivity contribution in [1.29, 1.82) is 0 Å². The number of benzene rings is 1. The second-order valence-electron chi connectivity index (χ2n) is 8.80. The highest BCUT2D eigenvalue weighted by molar-refractivity contribution is 6.45. The number of primary amides is 1. The highest BCUT2D eigenvalue weighted by atomic mass is 19.1. The minimum Gasteiger partial charge on any atom is -0.383 e. The number of nitrogens with zero attached hydrogens (tertiary/aromatic N) is 4. The molecule has 1 atom stereocenters. The molecule has 0 bridgehead atoms. The lowest BCUT2D eigenvalue weighted by Crippen LogP contribution is -2.44. The molecule has 1 aliphatic rings. The van der Waals surface area contributed by atoms with Crippen LogP contribution in [0.5, 0.6) is 0 Å². The summed E-state index contributed by atoms with van der Waals surface area (Å²) in [5.74, 6) is -1.91. The quantitative estimate of drug-likeness (QED) is 0.481. The van der Waals surface area contributed by atoms with Crippen molar-refractivity contribution in [2.24, 2.45) is 16.8 Å². The third-order valence-corrected chi connectivity index (χ3v) is 5.59. The molecular formula is C23H30FN7O4. The van der Waals surface area contributed by atoms with Gasteiger partial charge in [-0.2, -0.15) is 5.10 Å².